The summed E-state index contributed by atoms with van der Waals surface area (Å²) < 4.78 is 25.8. The van der Waals surface area contributed by atoms with Crippen molar-refractivity contribution in [3.05, 3.63) is 33.9 Å². The van der Waals surface area contributed by atoms with Gasteiger partial charge < -0.3 is 0 Å². The van der Waals surface area contributed by atoms with Crippen molar-refractivity contribution in [1.82, 2.24) is 14.6 Å². The molecule has 0 aliphatic heterocycles. The fourth-order valence-electron chi connectivity index (χ4n) is 1.46. The van der Waals surface area contributed by atoms with Crippen LogP contribution in [0.2, 0.25) is 0 Å². The molecule has 0 unspecified atom stereocenters. The Morgan fingerprint density at radius 2 is 2.06 bits per heavy atom. The van der Waals surface area contributed by atoms with E-state index >= 15 is 0 Å². The molecule has 2 aromatic rings. The Morgan fingerprint density at radius 3 is 2.62 bits per heavy atom. The predicted octanol–water partition coefficient (Wildman–Crippen LogP) is 2.08. The number of rotatable bonds is 2. The number of nitrogens with one attached hydrogen (secondary N) is 1. The molecule has 0 aromatic carbocycles. The predicted molar refractivity (Wildman–Crippen MR) is 54.9 cm³/mol. The van der Waals surface area contributed by atoms with Crippen LogP contribution in [0.15, 0.2) is 16.9 Å². The lowest BCUT2D eigenvalue weighted by Gasteiger charge is -2.03. The average Bonchev–Trinajstić information content (AvgIpc) is 2.61. The number of halogens is 2. The van der Waals surface area contributed by atoms with Gasteiger partial charge in [-0.15, -0.1) is 0 Å². The average molecular weight is 227 g/mol. The lowest BCUT2D eigenvalue weighted by molar-refractivity contribution is 0.140. The summed E-state index contributed by atoms with van der Waals surface area (Å²) in [6.07, 6.45) is -2.71. The maximum Gasteiger partial charge on any atom is 0.296 e. The quantitative estimate of drug-likeness (QED) is 0.853. The lowest BCUT2D eigenvalue weighted by Crippen LogP contribution is -2.14. The van der Waals surface area contributed by atoms with Gasteiger partial charge in [0.05, 0.1) is 0 Å². The summed E-state index contributed by atoms with van der Waals surface area (Å²) in [7, 11) is 0. The number of hydrogen-bond donors (Lipinski definition) is 1. The van der Waals surface area contributed by atoms with Crippen molar-refractivity contribution in [2.45, 2.75) is 26.2 Å². The van der Waals surface area contributed by atoms with Gasteiger partial charge in [0.15, 0.2) is 11.5 Å². The SMILES string of the molecule is CC(C)c1cc(=O)n2[nH]c(C(F)F)nc2c1. The summed E-state index contributed by atoms with van der Waals surface area (Å²) in [5.41, 5.74) is 0.643. The Labute approximate surface area is 89.9 Å². The van der Waals surface area contributed by atoms with Crippen LogP contribution in [0.1, 0.15) is 37.6 Å². The van der Waals surface area contributed by atoms with Crippen LogP contribution in [0.5, 0.6) is 0 Å². The third-order valence-electron chi connectivity index (χ3n) is 2.37. The molecule has 0 fully saturated rings. The minimum absolute atomic E-state index is 0.157. The molecule has 2 rings (SSSR count). The Balaban J connectivity index is 2.68. The smallest absolute Gasteiger partial charge is 0.271 e. The Kier molecular flexibility index (Phi) is 2.49. The number of H-pyrrole nitrogens is 1. The molecular formula is C10H11F2N3O. The molecule has 0 aliphatic carbocycles. The highest BCUT2D eigenvalue weighted by molar-refractivity contribution is 5.41. The van der Waals surface area contributed by atoms with Gasteiger partial charge in [0, 0.05) is 6.07 Å². The molecule has 0 aliphatic rings. The van der Waals surface area contributed by atoms with E-state index in [-0.39, 0.29) is 17.1 Å². The summed E-state index contributed by atoms with van der Waals surface area (Å²) in [4.78, 5) is 15.3. The molecule has 16 heavy (non-hydrogen) atoms. The Bertz CT molecular complexity index is 571. The molecule has 0 radical (unpaired) electrons. The minimum Gasteiger partial charge on any atom is -0.271 e. The zero-order chi connectivity index (χ0) is 11.9. The molecule has 0 bridgehead atoms. The van der Waals surface area contributed by atoms with Crippen molar-refractivity contribution < 1.29 is 8.78 Å². The topological polar surface area (TPSA) is 50.2 Å². The van der Waals surface area contributed by atoms with E-state index in [9.17, 15) is 13.6 Å². The maximum atomic E-state index is 12.4. The van der Waals surface area contributed by atoms with Crippen LogP contribution in [0.25, 0.3) is 5.65 Å². The van der Waals surface area contributed by atoms with Crippen molar-refractivity contribution in [3.8, 4) is 0 Å². The van der Waals surface area contributed by atoms with Crippen molar-refractivity contribution in [2.24, 2.45) is 0 Å². The van der Waals surface area contributed by atoms with E-state index in [1.54, 1.807) is 6.07 Å². The summed E-state index contributed by atoms with van der Waals surface area (Å²) in [5, 5.41) is 2.27. The van der Waals surface area contributed by atoms with Crippen LogP contribution in [0, 0.1) is 0 Å². The summed E-state index contributed by atoms with van der Waals surface area (Å²) in [5.74, 6) is -0.331. The second-order valence-corrected chi connectivity index (χ2v) is 3.88. The monoisotopic (exact) mass is 227 g/mol. The van der Waals surface area contributed by atoms with Crippen molar-refractivity contribution in [2.75, 3.05) is 0 Å². The van der Waals surface area contributed by atoms with Gasteiger partial charge in [-0.1, -0.05) is 13.8 Å². The summed E-state index contributed by atoms with van der Waals surface area (Å²) >= 11 is 0. The first kappa shape index (κ1) is 10.8. The van der Waals surface area contributed by atoms with Crippen LogP contribution in [-0.2, 0) is 0 Å². The number of aromatic nitrogens is 3. The van der Waals surface area contributed by atoms with Gasteiger partial charge in [0.2, 0.25) is 0 Å². The molecule has 0 saturated carbocycles. The van der Waals surface area contributed by atoms with Gasteiger partial charge in [-0.3, -0.25) is 9.89 Å². The van der Waals surface area contributed by atoms with Gasteiger partial charge in [-0.25, -0.2) is 18.3 Å². The van der Waals surface area contributed by atoms with Crippen LogP contribution >= 0.6 is 0 Å². The zero-order valence-electron chi connectivity index (χ0n) is 8.87. The van der Waals surface area contributed by atoms with Crippen LogP contribution in [-0.4, -0.2) is 14.6 Å². The molecule has 2 aromatic heterocycles. The maximum absolute atomic E-state index is 12.4. The van der Waals surface area contributed by atoms with Gasteiger partial charge in [-0.05, 0) is 17.5 Å². The molecule has 1 N–H and O–H groups in total. The van der Waals surface area contributed by atoms with Crippen LogP contribution in [0.3, 0.4) is 0 Å². The largest absolute Gasteiger partial charge is 0.296 e. The summed E-state index contributed by atoms with van der Waals surface area (Å²) in [6, 6.07) is 3.06. The number of nitrogens with zero attached hydrogens (tertiary/aromatic N) is 2. The minimum atomic E-state index is -2.71. The Hall–Kier alpha value is -1.72. The third kappa shape index (κ3) is 1.70. The molecule has 0 saturated heterocycles. The molecule has 0 amide bonds. The van der Waals surface area contributed by atoms with Gasteiger partial charge in [-0.2, -0.15) is 0 Å². The molecule has 4 nitrogen and oxygen atoms in total. The standard InChI is InChI=1S/C10H11F2N3O/c1-5(2)6-3-7-13-10(9(11)12)14-15(7)8(16)4-6/h3-5,9H,1-2H3,(H,13,14). The number of pyridine rings is 1. The second-order valence-electron chi connectivity index (χ2n) is 3.88. The molecule has 0 spiro atoms. The number of alkyl halides is 2. The first-order valence-corrected chi connectivity index (χ1v) is 4.90. The van der Waals surface area contributed by atoms with Crippen LogP contribution < -0.4 is 5.56 Å². The number of aromatic amines is 1. The molecule has 0 atom stereocenters. The fraction of sp³-hybridized carbons (Fsp3) is 0.400. The molecule has 86 valence electrons. The number of hydrogen-bond acceptors (Lipinski definition) is 2. The van der Waals surface area contributed by atoms with Crippen molar-refractivity contribution in [1.29, 1.82) is 0 Å². The highest BCUT2D eigenvalue weighted by atomic mass is 19.3. The summed E-state index contributed by atoms with van der Waals surface area (Å²) in [6.45, 7) is 3.85. The van der Waals surface area contributed by atoms with E-state index in [0.29, 0.717) is 0 Å². The molecular weight excluding hydrogens is 216 g/mol. The van der Waals surface area contributed by atoms with Crippen molar-refractivity contribution in [3.63, 3.8) is 0 Å². The van der Waals surface area contributed by atoms with E-state index in [1.165, 1.54) is 6.07 Å². The van der Waals surface area contributed by atoms with Gasteiger partial charge in [0.1, 0.15) is 0 Å². The van der Waals surface area contributed by atoms with Crippen molar-refractivity contribution >= 4 is 5.65 Å². The normalized spacial score (nSPS) is 11.9. The van der Waals surface area contributed by atoms with E-state index in [0.717, 1.165) is 10.1 Å². The Morgan fingerprint density at radius 1 is 1.38 bits per heavy atom. The zero-order valence-corrected chi connectivity index (χ0v) is 8.87. The highest BCUT2D eigenvalue weighted by Gasteiger charge is 2.14. The molecule has 2 heterocycles. The number of fused-ring (bicyclic) bond motifs is 1. The fourth-order valence-corrected chi connectivity index (χ4v) is 1.46. The van der Waals surface area contributed by atoms with Gasteiger partial charge in [0.25, 0.3) is 12.0 Å². The third-order valence-corrected chi connectivity index (χ3v) is 2.37. The van der Waals surface area contributed by atoms with E-state index in [4.69, 9.17) is 0 Å². The second kappa shape index (κ2) is 3.70. The lowest BCUT2D eigenvalue weighted by atomic mass is 10.1. The van der Waals surface area contributed by atoms with E-state index in [2.05, 4.69) is 10.1 Å². The van der Waals surface area contributed by atoms with E-state index < -0.39 is 12.2 Å². The molecule has 6 heteroatoms. The first-order chi connectivity index (χ1) is 7.49. The van der Waals surface area contributed by atoms with E-state index in [1.807, 2.05) is 13.8 Å². The highest BCUT2D eigenvalue weighted by Crippen LogP contribution is 2.17. The first-order valence-electron chi connectivity index (χ1n) is 4.90. The van der Waals surface area contributed by atoms with Gasteiger partial charge >= 0.3 is 0 Å². The van der Waals surface area contributed by atoms with Crippen LogP contribution in [0.4, 0.5) is 8.78 Å².